The van der Waals surface area contributed by atoms with Crippen LogP contribution in [-0.4, -0.2) is 16.6 Å². The van der Waals surface area contributed by atoms with Gasteiger partial charge in [0.15, 0.2) is 5.78 Å². The van der Waals surface area contributed by atoms with Gasteiger partial charge in [-0.05, 0) is 54.5 Å². The van der Waals surface area contributed by atoms with Crippen LogP contribution in [0.2, 0.25) is 0 Å². The van der Waals surface area contributed by atoms with E-state index in [-0.39, 0.29) is 17.6 Å². The fraction of sp³-hybridized carbons (Fsp3) is 0.381. The highest BCUT2D eigenvalue weighted by Gasteiger charge is 2.52. The van der Waals surface area contributed by atoms with E-state index in [1.54, 1.807) is 13.1 Å². The number of aromatic nitrogens is 1. The lowest BCUT2D eigenvalue weighted by Crippen LogP contribution is -2.54. The van der Waals surface area contributed by atoms with E-state index in [1.165, 1.54) is 0 Å². The molecular formula is C21H25N3O. The molecule has 2 N–H and O–H groups in total. The molecule has 1 aliphatic carbocycles. The van der Waals surface area contributed by atoms with Crippen molar-refractivity contribution in [3.8, 4) is 11.1 Å². The highest BCUT2D eigenvalue weighted by Crippen LogP contribution is 2.48. The van der Waals surface area contributed by atoms with Crippen molar-refractivity contribution in [3.63, 3.8) is 0 Å². The van der Waals surface area contributed by atoms with Crippen molar-refractivity contribution in [2.45, 2.75) is 39.2 Å². The van der Waals surface area contributed by atoms with Crippen LogP contribution in [0.1, 0.15) is 39.2 Å². The van der Waals surface area contributed by atoms with Crippen molar-refractivity contribution in [1.82, 2.24) is 10.3 Å². The first-order chi connectivity index (χ1) is 11.9. The van der Waals surface area contributed by atoms with Gasteiger partial charge in [0.2, 0.25) is 0 Å². The maximum Gasteiger partial charge on any atom is 0.165 e. The number of carbonyl (C=O) groups excluding carboxylic acids is 1. The Morgan fingerprint density at radius 2 is 1.96 bits per heavy atom. The van der Waals surface area contributed by atoms with Crippen LogP contribution >= 0.6 is 0 Å². The first-order valence-corrected chi connectivity index (χ1v) is 8.83. The molecule has 0 aliphatic heterocycles. The van der Waals surface area contributed by atoms with Crippen LogP contribution in [0.15, 0.2) is 48.8 Å². The second-order valence-electron chi connectivity index (χ2n) is 7.17. The van der Waals surface area contributed by atoms with E-state index in [1.807, 2.05) is 50.4 Å². The predicted octanol–water partition coefficient (Wildman–Crippen LogP) is 4.17. The number of ketones is 1. The topological polar surface area (TPSA) is 65.8 Å². The summed E-state index contributed by atoms with van der Waals surface area (Å²) in [5.41, 5.74) is 2.20. The Hall–Kier alpha value is -2.49. The number of carbonyl (C=O) groups is 1. The zero-order chi connectivity index (χ0) is 18.0. The molecule has 25 heavy (non-hydrogen) atoms. The SMILES string of the molecule is CC(=N)NC(C(=O)C(C)C)(c1cccc(-c2cccnc2)c1)C1CC1. The number of benzene rings is 1. The number of amidine groups is 1. The normalized spacial score (nSPS) is 16.3. The second kappa shape index (κ2) is 6.79. The van der Waals surface area contributed by atoms with Crippen LogP contribution < -0.4 is 5.32 Å². The molecule has 0 amide bonds. The predicted molar refractivity (Wildman–Crippen MR) is 100 cm³/mol. The van der Waals surface area contributed by atoms with E-state index in [2.05, 4.69) is 16.4 Å². The molecule has 3 rings (SSSR count). The number of nitrogens with zero attached hydrogens (tertiary/aromatic N) is 1. The quantitative estimate of drug-likeness (QED) is 0.615. The molecule has 1 aromatic heterocycles. The molecule has 130 valence electrons. The van der Waals surface area contributed by atoms with Gasteiger partial charge in [-0.3, -0.25) is 15.2 Å². The summed E-state index contributed by atoms with van der Waals surface area (Å²) in [5.74, 6) is 0.624. The van der Waals surface area contributed by atoms with E-state index in [9.17, 15) is 4.79 Å². The molecule has 1 fully saturated rings. The van der Waals surface area contributed by atoms with Crippen LogP contribution in [0, 0.1) is 17.2 Å². The fourth-order valence-corrected chi connectivity index (χ4v) is 3.56. The Labute approximate surface area is 149 Å². The molecule has 0 spiro atoms. The minimum Gasteiger partial charge on any atom is -0.358 e. The molecule has 0 saturated heterocycles. The third-order valence-electron chi connectivity index (χ3n) is 4.80. The smallest absolute Gasteiger partial charge is 0.165 e. The number of Topliss-reactive ketones (excluding diaryl/α,β-unsaturated/α-hetero) is 1. The minimum absolute atomic E-state index is 0.102. The zero-order valence-corrected chi connectivity index (χ0v) is 15.0. The standard InChI is InChI=1S/C21H25N3O/c1-14(2)20(25)21(18-9-10-18,24-15(3)22)19-8-4-6-16(12-19)17-7-5-11-23-13-17/h4-8,11-14,18H,9-10H2,1-3H3,(H2,22,24). The molecular weight excluding hydrogens is 310 g/mol. The Bertz CT molecular complexity index is 781. The summed E-state index contributed by atoms with van der Waals surface area (Å²) in [6.45, 7) is 5.58. The van der Waals surface area contributed by atoms with Crippen molar-refractivity contribution < 1.29 is 4.79 Å². The number of rotatable bonds is 6. The van der Waals surface area contributed by atoms with E-state index in [0.29, 0.717) is 5.84 Å². The molecule has 0 bridgehead atoms. The highest BCUT2D eigenvalue weighted by molar-refractivity contribution is 5.96. The molecule has 1 unspecified atom stereocenters. The third kappa shape index (κ3) is 3.34. The Morgan fingerprint density at radius 1 is 1.24 bits per heavy atom. The molecule has 4 nitrogen and oxygen atoms in total. The van der Waals surface area contributed by atoms with Crippen molar-refractivity contribution >= 4 is 11.6 Å². The molecule has 1 atom stereocenters. The molecule has 1 heterocycles. The maximum absolute atomic E-state index is 13.3. The van der Waals surface area contributed by atoms with Crippen LogP contribution in [0.4, 0.5) is 0 Å². The summed E-state index contributed by atoms with van der Waals surface area (Å²) in [6, 6.07) is 12.0. The van der Waals surface area contributed by atoms with E-state index in [0.717, 1.165) is 29.5 Å². The maximum atomic E-state index is 13.3. The Balaban J connectivity index is 2.13. The van der Waals surface area contributed by atoms with Gasteiger partial charge in [0.25, 0.3) is 0 Å². The molecule has 1 aliphatic rings. The van der Waals surface area contributed by atoms with Crippen molar-refractivity contribution in [1.29, 1.82) is 5.41 Å². The van der Waals surface area contributed by atoms with Gasteiger partial charge in [-0.15, -0.1) is 0 Å². The number of nitrogens with one attached hydrogen (secondary N) is 2. The Morgan fingerprint density at radius 3 is 2.52 bits per heavy atom. The average molecular weight is 335 g/mol. The molecule has 2 aromatic rings. The number of hydrogen-bond acceptors (Lipinski definition) is 3. The lowest BCUT2D eigenvalue weighted by Gasteiger charge is -2.36. The van der Waals surface area contributed by atoms with Gasteiger partial charge in [0.05, 0.1) is 5.84 Å². The lowest BCUT2D eigenvalue weighted by molar-refractivity contribution is -0.129. The first-order valence-electron chi connectivity index (χ1n) is 8.83. The fourth-order valence-electron chi connectivity index (χ4n) is 3.56. The summed E-state index contributed by atoms with van der Waals surface area (Å²) in [7, 11) is 0. The van der Waals surface area contributed by atoms with Gasteiger partial charge in [0, 0.05) is 18.3 Å². The minimum atomic E-state index is -0.807. The van der Waals surface area contributed by atoms with Crippen LogP contribution in [0.25, 0.3) is 11.1 Å². The first kappa shape index (κ1) is 17.3. The number of pyridine rings is 1. The van der Waals surface area contributed by atoms with Gasteiger partial charge in [-0.25, -0.2) is 0 Å². The second-order valence-corrected chi connectivity index (χ2v) is 7.17. The lowest BCUT2D eigenvalue weighted by atomic mass is 9.76. The monoisotopic (exact) mass is 335 g/mol. The summed E-state index contributed by atoms with van der Waals surface area (Å²) in [6.07, 6.45) is 5.60. The summed E-state index contributed by atoms with van der Waals surface area (Å²) < 4.78 is 0. The van der Waals surface area contributed by atoms with E-state index in [4.69, 9.17) is 5.41 Å². The largest absolute Gasteiger partial charge is 0.358 e. The number of hydrogen-bond donors (Lipinski definition) is 2. The van der Waals surface area contributed by atoms with Gasteiger partial charge in [-0.2, -0.15) is 0 Å². The van der Waals surface area contributed by atoms with Crippen molar-refractivity contribution in [3.05, 3.63) is 54.4 Å². The van der Waals surface area contributed by atoms with E-state index < -0.39 is 5.54 Å². The molecule has 4 heteroatoms. The highest BCUT2D eigenvalue weighted by atomic mass is 16.1. The van der Waals surface area contributed by atoms with Crippen molar-refractivity contribution in [2.75, 3.05) is 0 Å². The molecule has 1 saturated carbocycles. The zero-order valence-electron chi connectivity index (χ0n) is 15.0. The molecule has 0 radical (unpaired) electrons. The van der Waals surface area contributed by atoms with Crippen molar-refractivity contribution in [2.24, 2.45) is 11.8 Å². The average Bonchev–Trinajstić information content (AvgIpc) is 3.45. The van der Waals surface area contributed by atoms with Crippen LogP contribution in [0.3, 0.4) is 0 Å². The summed E-state index contributed by atoms with van der Waals surface area (Å²) >= 11 is 0. The molecule has 1 aromatic carbocycles. The van der Waals surface area contributed by atoms with E-state index >= 15 is 0 Å². The van der Waals surface area contributed by atoms with Gasteiger partial charge < -0.3 is 5.32 Å². The van der Waals surface area contributed by atoms with Crippen LogP contribution in [-0.2, 0) is 10.3 Å². The van der Waals surface area contributed by atoms with Crippen LogP contribution in [0.5, 0.6) is 0 Å². The Kier molecular flexibility index (Phi) is 4.71. The van der Waals surface area contributed by atoms with Gasteiger partial charge >= 0.3 is 0 Å². The third-order valence-corrected chi connectivity index (χ3v) is 4.80. The van der Waals surface area contributed by atoms with Gasteiger partial charge in [0.1, 0.15) is 5.54 Å². The van der Waals surface area contributed by atoms with Gasteiger partial charge in [-0.1, -0.05) is 38.1 Å². The summed E-state index contributed by atoms with van der Waals surface area (Å²) in [5, 5.41) is 11.2. The summed E-state index contributed by atoms with van der Waals surface area (Å²) in [4.78, 5) is 17.5.